The first kappa shape index (κ1) is 17.9. The largest absolute Gasteiger partial charge is 0.493 e. The molecule has 0 fully saturated rings. The summed E-state index contributed by atoms with van der Waals surface area (Å²) in [6.45, 7) is 1.89. The lowest BCUT2D eigenvalue weighted by Crippen LogP contribution is -2.08. The van der Waals surface area contributed by atoms with Gasteiger partial charge in [0.2, 0.25) is 11.0 Å². The highest BCUT2D eigenvalue weighted by Gasteiger charge is 2.30. The third kappa shape index (κ3) is 3.83. The number of anilines is 1. The number of aryl methyl sites for hydroxylation is 1. The Balaban J connectivity index is 1.81. The second-order valence-electron chi connectivity index (χ2n) is 5.58. The van der Waals surface area contributed by atoms with E-state index in [1.165, 1.54) is 12.1 Å². The van der Waals surface area contributed by atoms with Crippen LogP contribution in [-0.2, 0) is 6.18 Å². The number of aromatic hydroxyl groups is 1. The SMILES string of the molecule is Cc1ccc2[nH]c(O)c(N=NC(=S)Nc3cccc(C(F)(F)F)c3)c2c1. The summed E-state index contributed by atoms with van der Waals surface area (Å²) in [7, 11) is 0. The summed E-state index contributed by atoms with van der Waals surface area (Å²) in [4.78, 5) is 2.76. The molecule has 26 heavy (non-hydrogen) atoms. The van der Waals surface area contributed by atoms with Crippen LogP contribution >= 0.6 is 12.2 Å². The number of rotatable bonds is 2. The molecule has 0 unspecified atom stereocenters. The predicted octanol–water partition coefficient (Wildman–Crippen LogP) is 5.68. The number of nitrogens with one attached hydrogen (secondary N) is 2. The van der Waals surface area contributed by atoms with Gasteiger partial charge >= 0.3 is 6.18 Å². The molecule has 0 aliphatic rings. The van der Waals surface area contributed by atoms with Crippen molar-refractivity contribution in [1.29, 1.82) is 0 Å². The van der Waals surface area contributed by atoms with E-state index >= 15 is 0 Å². The fraction of sp³-hybridized carbons (Fsp3) is 0.118. The molecular weight excluding hydrogens is 365 g/mol. The topological polar surface area (TPSA) is 72.8 Å². The van der Waals surface area contributed by atoms with Gasteiger partial charge in [0.25, 0.3) is 0 Å². The quantitative estimate of drug-likeness (QED) is 0.397. The van der Waals surface area contributed by atoms with Crippen LogP contribution in [0, 0.1) is 6.92 Å². The summed E-state index contributed by atoms with van der Waals surface area (Å²) in [6, 6.07) is 10.1. The van der Waals surface area contributed by atoms with Gasteiger partial charge < -0.3 is 15.4 Å². The number of aromatic nitrogens is 1. The zero-order valence-electron chi connectivity index (χ0n) is 13.4. The molecule has 0 aliphatic carbocycles. The van der Waals surface area contributed by atoms with E-state index in [2.05, 4.69) is 20.5 Å². The molecule has 0 aliphatic heterocycles. The molecule has 0 saturated heterocycles. The van der Waals surface area contributed by atoms with Gasteiger partial charge in [0.15, 0.2) is 5.69 Å². The first-order valence-corrected chi connectivity index (χ1v) is 7.86. The number of hydrogen-bond donors (Lipinski definition) is 3. The summed E-state index contributed by atoms with van der Waals surface area (Å²) in [5, 5.41) is 20.8. The van der Waals surface area contributed by atoms with Crippen LogP contribution in [0.3, 0.4) is 0 Å². The fourth-order valence-electron chi connectivity index (χ4n) is 2.40. The molecule has 0 amide bonds. The van der Waals surface area contributed by atoms with Gasteiger partial charge in [0.05, 0.1) is 11.1 Å². The number of azo groups is 1. The number of thiocarbonyl (C=S) groups is 1. The minimum Gasteiger partial charge on any atom is -0.493 e. The van der Waals surface area contributed by atoms with E-state index < -0.39 is 11.7 Å². The lowest BCUT2D eigenvalue weighted by atomic mass is 10.2. The van der Waals surface area contributed by atoms with Crippen molar-refractivity contribution in [3.63, 3.8) is 0 Å². The lowest BCUT2D eigenvalue weighted by Gasteiger charge is -2.09. The van der Waals surface area contributed by atoms with Crippen LogP contribution in [0.25, 0.3) is 10.9 Å². The van der Waals surface area contributed by atoms with Gasteiger partial charge in [-0.05, 0) is 49.5 Å². The van der Waals surface area contributed by atoms with Crippen LogP contribution in [0.5, 0.6) is 5.88 Å². The first-order valence-electron chi connectivity index (χ1n) is 7.45. The Morgan fingerprint density at radius 1 is 1.19 bits per heavy atom. The molecule has 3 aromatic rings. The molecule has 0 spiro atoms. The van der Waals surface area contributed by atoms with Crippen molar-refractivity contribution < 1.29 is 18.3 Å². The molecule has 0 atom stereocenters. The normalized spacial score (nSPS) is 12.0. The zero-order valence-corrected chi connectivity index (χ0v) is 14.2. The minimum atomic E-state index is -4.45. The molecule has 2 aromatic carbocycles. The van der Waals surface area contributed by atoms with Crippen LogP contribution in [0.2, 0.25) is 0 Å². The standard InChI is InChI=1S/C17H13F3N4OS/c1-9-5-6-13-12(7-9)14(15(25)22-13)23-24-16(26)21-11-4-2-3-10(8-11)17(18,19)20/h2-8,22,25H,1H3,(H,21,26). The first-order chi connectivity index (χ1) is 12.2. The summed E-state index contributed by atoms with van der Waals surface area (Å²) < 4.78 is 38.2. The van der Waals surface area contributed by atoms with Crippen molar-refractivity contribution in [1.82, 2.24) is 4.98 Å². The van der Waals surface area contributed by atoms with E-state index in [1.54, 1.807) is 6.07 Å². The zero-order chi connectivity index (χ0) is 18.9. The number of alkyl halides is 3. The number of benzene rings is 2. The summed E-state index contributed by atoms with van der Waals surface area (Å²) in [5.74, 6) is -0.170. The molecule has 5 nitrogen and oxygen atoms in total. The molecule has 0 radical (unpaired) electrons. The predicted molar refractivity (Wildman–Crippen MR) is 96.9 cm³/mol. The Kier molecular flexibility index (Phi) is 4.64. The highest BCUT2D eigenvalue weighted by molar-refractivity contribution is 7.80. The number of hydrogen-bond acceptors (Lipinski definition) is 3. The van der Waals surface area contributed by atoms with Crippen LogP contribution in [-0.4, -0.2) is 15.2 Å². The minimum absolute atomic E-state index is 0.134. The van der Waals surface area contributed by atoms with Crippen molar-refractivity contribution >= 4 is 39.6 Å². The van der Waals surface area contributed by atoms with E-state index in [-0.39, 0.29) is 22.4 Å². The Bertz CT molecular complexity index is 1010. The molecule has 0 bridgehead atoms. The molecule has 0 saturated carbocycles. The number of nitrogens with zero attached hydrogens (tertiary/aromatic N) is 2. The molecule has 9 heteroatoms. The van der Waals surface area contributed by atoms with Gasteiger partial charge in [-0.1, -0.05) is 17.7 Å². The Hall–Kier alpha value is -2.94. The maximum Gasteiger partial charge on any atom is 0.416 e. The van der Waals surface area contributed by atoms with Gasteiger partial charge in [0, 0.05) is 11.1 Å². The van der Waals surface area contributed by atoms with Gasteiger partial charge in [-0.2, -0.15) is 13.2 Å². The number of fused-ring (bicyclic) bond motifs is 1. The highest BCUT2D eigenvalue weighted by atomic mass is 32.1. The monoisotopic (exact) mass is 378 g/mol. The van der Waals surface area contributed by atoms with Crippen molar-refractivity contribution in [3.8, 4) is 5.88 Å². The number of H-pyrrole nitrogens is 1. The van der Waals surface area contributed by atoms with Crippen molar-refractivity contribution in [2.75, 3.05) is 5.32 Å². The van der Waals surface area contributed by atoms with E-state index in [4.69, 9.17) is 12.2 Å². The van der Waals surface area contributed by atoms with Gasteiger partial charge in [-0.15, -0.1) is 10.2 Å². The number of halogens is 3. The Morgan fingerprint density at radius 3 is 2.69 bits per heavy atom. The highest BCUT2D eigenvalue weighted by Crippen LogP contribution is 2.36. The Morgan fingerprint density at radius 2 is 1.96 bits per heavy atom. The maximum absolute atomic E-state index is 12.7. The fourth-order valence-corrected chi connectivity index (χ4v) is 2.55. The molecular formula is C17H13F3N4OS. The van der Waals surface area contributed by atoms with Crippen LogP contribution in [0.1, 0.15) is 11.1 Å². The van der Waals surface area contributed by atoms with E-state index in [1.807, 2.05) is 19.1 Å². The van der Waals surface area contributed by atoms with Gasteiger partial charge in [-0.3, -0.25) is 0 Å². The van der Waals surface area contributed by atoms with Crippen LogP contribution < -0.4 is 5.32 Å². The molecule has 3 N–H and O–H groups in total. The van der Waals surface area contributed by atoms with Crippen molar-refractivity contribution in [3.05, 3.63) is 53.6 Å². The van der Waals surface area contributed by atoms with Gasteiger partial charge in [-0.25, -0.2) is 0 Å². The smallest absolute Gasteiger partial charge is 0.416 e. The second kappa shape index (κ2) is 6.75. The van der Waals surface area contributed by atoms with Gasteiger partial charge in [0.1, 0.15) is 0 Å². The molecule has 1 heterocycles. The molecule has 134 valence electrons. The maximum atomic E-state index is 12.7. The molecule has 1 aromatic heterocycles. The van der Waals surface area contributed by atoms with Crippen molar-refractivity contribution in [2.45, 2.75) is 13.1 Å². The van der Waals surface area contributed by atoms with E-state index in [0.717, 1.165) is 17.7 Å². The lowest BCUT2D eigenvalue weighted by molar-refractivity contribution is -0.137. The third-order valence-electron chi connectivity index (χ3n) is 3.59. The summed E-state index contributed by atoms with van der Waals surface area (Å²) in [5.41, 5.74) is 1.20. The summed E-state index contributed by atoms with van der Waals surface area (Å²) in [6.07, 6.45) is -4.45. The van der Waals surface area contributed by atoms with Crippen molar-refractivity contribution in [2.24, 2.45) is 10.2 Å². The van der Waals surface area contributed by atoms with Crippen LogP contribution in [0.4, 0.5) is 24.5 Å². The Labute approximate surface area is 151 Å². The molecule has 3 rings (SSSR count). The second-order valence-corrected chi connectivity index (χ2v) is 5.97. The number of aromatic amines is 1. The average Bonchev–Trinajstić information content (AvgIpc) is 2.87. The summed E-state index contributed by atoms with van der Waals surface area (Å²) >= 11 is 4.99. The third-order valence-corrected chi connectivity index (χ3v) is 3.77. The van der Waals surface area contributed by atoms with E-state index in [0.29, 0.717) is 10.9 Å². The average molecular weight is 378 g/mol. The van der Waals surface area contributed by atoms with Crippen LogP contribution in [0.15, 0.2) is 52.7 Å². The van der Waals surface area contributed by atoms with E-state index in [9.17, 15) is 18.3 Å².